The molecule has 4 nitrogen and oxygen atoms in total. The van der Waals surface area contributed by atoms with E-state index in [0.29, 0.717) is 11.1 Å². The molecule has 2 heterocycles. The van der Waals surface area contributed by atoms with Crippen LogP contribution in [0.25, 0.3) is 0 Å². The Morgan fingerprint density at radius 1 is 1.28 bits per heavy atom. The number of nitrogens with zero attached hydrogens (tertiary/aromatic N) is 1. The van der Waals surface area contributed by atoms with Gasteiger partial charge >= 0.3 is 0 Å². The molecule has 1 aromatic rings. The molecule has 3 atom stereocenters. The van der Waals surface area contributed by atoms with Crippen molar-refractivity contribution in [2.45, 2.75) is 43.6 Å². The number of nitrogens with one attached hydrogen (secondary N) is 1. The number of fused-ring (bicyclic) bond motifs is 5. The number of carbonyl (C=O) groups excluding carboxylic acids is 1. The third kappa shape index (κ3) is 1.10. The van der Waals surface area contributed by atoms with Gasteiger partial charge < -0.3 is 5.11 Å². The van der Waals surface area contributed by atoms with E-state index in [2.05, 4.69) is 5.32 Å². The molecule has 2 fully saturated rings. The van der Waals surface area contributed by atoms with Crippen molar-refractivity contribution >= 4 is 5.91 Å². The topological polar surface area (TPSA) is 52.6 Å². The molecule has 1 saturated heterocycles. The Bertz CT molecular complexity index is 530. The molecule has 0 radical (unpaired) electrons. The van der Waals surface area contributed by atoms with E-state index in [0.717, 1.165) is 19.3 Å². The lowest BCUT2D eigenvalue weighted by molar-refractivity contribution is -0.0860. The summed E-state index contributed by atoms with van der Waals surface area (Å²) in [5.74, 6) is -1.30. The van der Waals surface area contributed by atoms with Crippen molar-refractivity contribution in [3.63, 3.8) is 0 Å². The molecule has 0 aromatic heterocycles. The Morgan fingerprint density at radius 3 is 2.94 bits per heavy atom. The number of carbonyl (C=O) groups is 1. The second-order valence-electron chi connectivity index (χ2n) is 5.50. The lowest BCUT2D eigenvalue weighted by atomic mass is 9.91. The minimum absolute atomic E-state index is 0.0324. The Hall–Kier alpha value is -1.39. The molecular formula is C14H16N2O2. The molecule has 1 aliphatic carbocycles. The van der Waals surface area contributed by atoms with E-state index in [1.807, 2.05) is 18.2 Å². The van der Waals surface area contributed by atoms with Crippen LogP contribution < -0.4 is 5.32 Å². The highest BCUT2D eigenvalue weighted by molar-refractivity contribution is 6.00. The Morgan fingerprint density at radius 2 is 2.06 bits per heavy atom. The van der Waals surface area contributed by atoms with Gasteiger partial charge in [-0.3, -0.25) is 15.0 Å². The van der Waals surface area contributed by atoms with Gasteiger partial charge in [0.05, 0.1) is 6.04 Å². The van der Waals surface area contributed by atoms with E-state index in [-0.39, 0.29) is 18.0 Å². The van der Waals surface area contributed by atoms with Gasteiger partial charge in [-0.05, 0) is 18.9 Å². The van der Waals surface area contributed by atoms with Crippen LogP contribution in [0.4, 0.5) is 0 Å². The van der Waals surface area contributed by atoms with E-state index in [4.69, 9.17) is 0 Å². The largest absolute Gasteiger partial charge is 0.355 e. The third-order valence-electron chi connectivity index (χ3n) is 4.55. The SMILES string of the molecule is O=C1c2ccccc2C2(O)N[C@H]3CCCC[C@H]3N12. The number of rotatable bonds is 0. The molecule has 18 heavy (non-hydrogen) atoms. The molecule has 4 heteroatoms. The molecule has 0 spiro atoms. The van der Waals surface area contributed by atoms with Gasteiger partial charge in [0.1, 0.15) is 0 Å². The Balaban J connectivity index is 1.86. The molecule has 1 unspecified atom stereocenters. The van der Waals surface area contributed by atoms with Crippen LogP contribution in [0.15, 0.2) is 24.3 Å². The lowest BCUT2D eigenvalue weighted by Crippen LogP contribution is -2.47. The normalized spacial score (nSPS) is 37.4. The predicted octanol–water partition coefficient (Wildman–Crippen LogP) is 1.16. The second kappa shape index (κ2) is 3.33. The fraction of sp³-hybridized carbons (Fsp3) is 0.500. The summed E-state index contributed by atoms with van der Waals surface area (Å²) in [7, 11) is 0. The number of aliphatic hydroxyl groups is 1. The summed E-state index contributed by atoms with van der Waals surface area (Å²) in [6.45, 7) is 0. The maximum atomic E-state index is 12.5. The van der Waals surface area contributed by atoms with Crippen LogP contribution in [0, 0.1) is 0 Å². The molecule has 1 amide bonds. The van der Waals surface area contributed by atoms with Crippen LogP contribution in [-0.2, 0) is 5.85 Å². The van der Waals surface area contributed by atoms with Crippen LogP contribution in [0.1, 0.15) is 41.6 Å². The van der Waals surface area contributed by atoms with Crippen LogP contribution in [-0.4, -0.2) is 28.0 Å². The maximum Gasteiger partial charge on any atom is 0.258 e. The fourth-order valence-corrected chi connectivity index (χ4v) is 3.77. The molecule has 4 rings (SSSR count). The maximum absolute atomic E-state index is 12.5. The van der Waals surface area contributed by atoms with Crippen molar-refractivity contribution in [3.05, 3.63) is 35.4 Å². The minimum atomic E-state index is -1.27. The monoisotopic (exact) mass is 244 g/mol. The van der Waals surface area contributed by atoms with E-state index in [9.17, 15) is 9.90 Å². The van der Waals surface area contributed by atoms with Gasteiger partial charge in [0.2, 0.25) is 5.85 Å². The zero-order chi connectivity index (χ0) is 12.3. The first-order chi connectivity index (χ1) is 8.72. The molecule has 2 N–H and O–H groups in total. The van der Waals surface area contributed by atoms with Crippen molar-refractivity contribution in [2.24, 2.45) is 0 Å². The second-order valence-corrected chi connectivity index (χ2v) is 5.50. The first-order valence-corrected chi connectivity index (χ1v) is 6.65. The Labute approximate surface area is 106 Å². The number of hydrogen-bond acceptors (Lipinski definition) is 3. The van der Waals surface area contributed by atoms with Crippen LogP contribution in [0.3, 0.4) is 0 Å². The summed E-state index contributed by atoms with van der Waals surface area (Å²) in [5, 5.41) is 14.2. The average Bonchev–Trinajstić information content (AvgIpc) is 2.81. The summed E-state index contributed by atoms with van der Waals surface area (Å²) in [6, 6.07) is 7.74. The van der Waals surface area contributed by atoms with Crippen LogP contribution >= 0.6 is 0 Å². The Kier molecular flexibility index (Phi) is 1.95. The summed E-state index contributed by atoms with van der Waals surface area (Å²) in [6.07, 6.45) is 4.34. The fourth-order valence-electron chi connectivity index (χ4n) is 3.77. The molecular weight excluding hydrogens is 228 g/mol. The third-order valence-corrected chi connectivity index (χ3v) is 4.55. The van der Waals surface area contributed by atoms with Crippen molar-refractivity contribution in [1.29, 1.82) is 0 Å². The summed E-state index contributed by atoms with van der Waals surface area (Å²) < 4.78 is 0. The number of amides is 1. The summed E-state index contributed by atoms with van der Waals surface area (Å²) >= 11 is 0. The van der Waals surface area contributed by atoms with Crippen molar-refractivity contribution in [2.75, 3.05) is 0 Å². The zero-order valence-corrected chi connectivity index (χ0v) is 10.1. The van der Waals surface area contributed by atoms with E-state index >= 15 is 0 Å². The number of hydrogen-bond donors (Lipinski definition) is 2. The molecule has 3 aliphatic rings. The molecule has 1 saturated carbocycles. The van der Waals surface area contributed by atoms with E-state index in [1.165, 1.54) is 6.42 Å². The quantitative estimate of drug-likeness (QED) is 0.720. The lowest BCUT2D eigenvalue weighted by Gasteiger charge is -2.31. The van der Waals surface area contributed by atoms with Gasteiger partial charge in [-0.2, -0.15) is 0 Å². The average molecular weight is 244 g/mol. The van der Waals surface area contributed by atoms with Gasteiger partial charge in [-0.15, -0.1) is 0 Å². The molecule has 0 bridgehead atoms. The standard InChI is InChI=1S/C14H16N2O2/c17-13-9-5-1-2-6-10(9)14(18)15-11-7-3-4-8-12(11)16(13)14/h1-2,5-6,11-12,15,18H,3-4,7-8H2/t11-,12+,14?/m0/s1. The minimum Gasteiger partial charge on any atom is -0.355 e. The number of benzene rings is 1. The van der Waals surface area contributed by atoms with E-state index < -0.39 is 5.85 Å². The summed E-state index contributed by atoms with van der Waals surface area (Å²) in [5.41, 5.74) is 1.35. The molecule has 1 aromatic carbocycles. The molecule has 2 aliphatic heterocycles. The molecule has 94 valence electrons. The van der Waals surface area contributed by atoms with Crippen molar-refractivity contribution in [3.8, 4) is 0 Å². The van der Waals surface area contributed by atoms with Crippen molar-refractivity contribution in [1.82, 2.24) is 10.2 Å². The zero-order valence-electron chi connectivity index (χ0n) is 10.1. The van der Waals surface area contributed by atoms with Crippen molar-refractivity contribution < 1.29 is 9.90 Å². The van der Waals surface area contributed by atoms with Crippen LogP contribution in [0.2, 0.25) is 0 Å². The van der Waals surface area contributed by atoms with Gasteiger partial charge in [0, 0.05) is 17.2 Å². The van der Waals surface area contributed by atoms with E-state index in [1.54, 1.807) is 11.0 Å². The highest BCUT2D eigenvalue weighted by atomic mass is 16.3. The first kappa shape index (κ1) is 10.5. The van der Waals surface area contributed by atoms with Crippen LogP contribution in [0.5, 0.6) is 0 Å². The van der Waals surface area contributed by atoms with Gasteiger partial charge in [-0.1, -0.05) is 31.0 Å². The predicted molar refractivity (Wildman–Crippen MR) is 65.7 cm³/mol. The highest BCUT2D eigenvalue weighted by Gasteiger charge is 2.59. The van der Waals surface area contributed by atoms with Gasteiger partial charge in [0.25, 0.3) is 5.91 Å². The highest BCUT2D eigenvalue weighted by Crippen LogP contribution is 2.45. The first-order valence-electron chi connectivity index (χ1n) is 6.65. The van der Waals surface area contributed by atoms with Gasteiger partial charge in [-0.25, -0.2) is 0 Å². The summed E-state index contributed by atoms with van der Waals surface area (Å²) in [4.78, 5) is 14.1. The van der Waals surface area contributed by atoms with Gasteiger partial charge in [0.15, 0.2) is 0 Å². The smallest absolute Gasteiger partial charge is 0.258 e.